The van der Waals surface area contributed by atoms with E-state index in [1.807, 2.05) is 27.7 Å². The zero-order valence-corrected chi connectivity index (χ0v) is 22.4. The molecule has 0 unspecified atom stereocenters. The van der Waals surface area contributed by atoms with Gasteiger partial charge in [0.1, 0.15) is 13.2 Å². The fourth-order valence-corrected chi connectivity index (χ4v) is 2.72. The Kier molecular flexibility index (Phi) is 13.9. The predicted molar refractivity (Wildman–Crippen MR) is 131 cm³/mol. The van der Waals surface area contributed by atoms with Gasteiger partial charge in [0.05, 0.1) is 47.6 Å². The van der Waals surface area contributed by atoms with Crippen LogP contribution in [-0.4, -0.2) is 63.9 Å². The summed E-state index contributed by atoms with van der Waals surface area (Å²) in [7, 11) is 0. The summed E-state index contributed by atoms with van der Waals surface area (Å²) < 4.78 is 19.7. The minimum atomic E-state index is -1.24. The number of carbonyl (C=O) groups excluding carboxylic acids is 4. The molecule has 0 aliphatic heterocycles. The van der Waals surface area contributed by atoms with Gasteiger partial charge in [0.2, 0.25) is 0 Å². The van der Waals surface area contributed by atoms with Crippen molar-refractivity contribution in [3.05, 3.63) is 69.8 Å². The molecule has 0 atom stereocenters. The summed E-state index contributed by atoms with van der Waals surface area (Å²) in [5.74, 6) is -1.69. The number of benzene rings is 2. The Morgan fingerprint density at radius 2 is 0.875 bits per heavy atom. The Bertz CT molecular complexity index is 1060. The zero-order chi connectivity index (χ0) is 29.3. The predicted octanol–water partition coefficient (Wildman–Crippen LogP) is 3.97. The molecule has 0 radical (unpaired) electrons. The third-order valence-corrected chi connectivity index (χ3v) is 5.18. The van der Waals surface area contributed by atoms with Gasteiger partial charge in [-0.15, -0.1) is 0 Å². The minimum Gasteiger partial charge on any atom is -0.430 e. The number of aryl methyl sites for hydroxylation is 4. The van der Waals surface area contributed by atoms with Crippen molar-refractivity contribution in [1.82, 2.24) is 0 Å². The van der Waals surface area contributed by atoms with Crippen LogP contribution < -0.4 is 0 Å². The van der Waals surface area contributed by atoms with Gasteiger partial charge in [-0.25, -0.2) is 29.0 Å². The Labute approximate surface area is 229 Å². The summed E-state index contributed by atoms with van der Waals surface area (Å²) in [6, 6.07) is 9.77. The van der Waals surface area contributed by atoms with Gasteiger partial charge in [0.15, 0.2) is 0 Å². The highest BCUT2D eigenvalue weighted by Gasteiger charge is 2.14. The molecule has 0 fully saturated rings. The molecule has 0 saturated carbocycles. The molecule has 0 heterocycles. The van der Waals surface area contributed by atoms with E-state index in [0.29, 0.717) is 0 Å². The molecule has 0 aliphatic carbocycles. The maximum Gasteiger partial charge on any atom is 0.543 e. The van der Waals surface area contributed by atoms with Crippen LogP contribution in [0.1, 0.15) is 43.0 Å². The molecular formula is C26H30O14. The molecular weight excluding hydrogens is 536 g/mol. The highest BCUT2D eigenvalue weighted by atomic mass is 17.5. The average molecular weight is 567 g/mol. The van der Waals surface area contributed by atoms with Gasteiger partial charge in [-0.1, -0.05) is 12.1 Å². The summed E-state index contributed by atoms with van der Waals surface area (Å²) >= 11 is 0. The normalized spacial score (nSPS) is 10.4. The Morgan fingerprint density at radius 3 is 1.25 bits per heavy atom. The van der Waals surface area contributed by atoms with E-state index in [1.165, 1.54) is 0 Å². The Morgan fingerprint density at radius 1 is 0.500 bits per heavy atom. The monoisotopic (exact) mass is 566 g/mol. The molecule has 2 rings (SSSR count). The second-order valence-corrected chi connectivity index (χ2v) is 8.06. The maximum atomic E-state index is 11.8. The smallest absolute Gasteiger partial charge is 0.430 e. The van der Waals surface area contributed by atoms with Gasteiger partial charge in [0, 0.05) is 0 Å². The number of hydrogen-bond acceptors (Lipinski definition) is 14. The molecule has 2 aromatic rings. The van der Waals surface area contributed by atoms with Crippen LogP contribution in [0.2, 0.25) is 0 Å². The van der Waals surface area contributed by atoms with Gasteiger partial charge in [-0.05, 0) is 74.2 Å². The van der Waals surface area contributed by atoms with Crippen molar-refractivity contribution in [2.45, 2.75) is 27.7 Å². The SMILES string of the molecule is Cc1ccc(C(=O)OOOC(=O)OCCOCCOCCOC(=O)OOOC(=O)c2ccc(C)c(C)c2)cc1C. The molecule has 0 spiro atoms. The zero-order valence-electron chi connectivity index (χ0n) is 22.4. The first-order chi connectivity index (χ1) is 19.2. The van der Waals surface area contributed by atoms with Crippen LogP contribution in [0.15, 0.2) is 36.4 Å². The highest BCUT2D eigenvalue weighted by Crippen LogP contribution is 2.12. The lowest BCUT2D eigenvalue weighted by molar-refractivity contribution is -0.452. The molecule has 0 amide bonds. The molecule has 0 N–H and O–H groups in total. The lowest BCUT2D eigenvalue weighted by atomic mass is 10.1. The van der Waals surface area contributed by atoms with Crippen molar-refractivity contribution in [2.75, 3.05) is 39.6 Å². The average Bonchev–Trinajstić information content (AvgIpc) is 2.92. The largest absolute Gasteiger partial charge is 0.543 e. The summed E-state index contributed by atoms with van der Waals surface area (Å²) in [6.45, 7) is 7.42. The van der Waals surface area contributed by atoms with E-state index in [0.717, 1.165) is 22.3 Å². The van der Waals surface area contributed by atoms with Gasteiger partial charge in [-0.3, -0.25) is 9.78 Å². The lowest BCUT2D eigenvalue weighted by Crippen LogP contribution is -2.17. The van der Waals surface area contributed by atoms with Crippen molar-refractivity contribution in [3.63, 3.8) is 0 Å². The quantitative estimate of drug-likeness (QED) is 0.132. The molecule has 0 bridgehead atoms. The van der Waals surface area contributed by atoms with Gasteiger partial charge >= 0.3 is 24.2 Å². The molecule has 0 aromatic heterocycles. The number of rotatable bonds is 15. The first kappa shape index (κ1) is 32.0. The van der Waals surface area contributed by atoms with Crippen molar-refractivity contribution >= 4 is 24.2 Å². The van der Waals surface area contributed by atoms with Crippen LogP contribution in [0, 0.1) is 27.7 Å². The van der Waals surface area contributed by atoms with Gasteiger partial charge in [0.25, 0.3) is 0 Å². The first-order valence-corrected chi connectivity index (χ1v) is 11.9. The number of carbonyl (C=O) groups is 4. The standard InChI is InChI=1S/C26H30O14/c1-17-5-7-21(15-19(17)3)23(27)35-39-37-25(29)33-13-11-31-9-10-32-12-14-34-26(30)38-40-36-24(28)22-8-6-18(2)20(4)16-22/h5-8,15-16H,9-14H2,1-4H3. The van der Waals surface area contributed by atoms with Crippen LogP contribution >= 0.6 is 0 Å². The molecule has 218 valence electrons. The van der Waals surface area contributed by atoms with E-state index in [1.54, 1.807) is 36.4 Å². The van der Waals surface area contributed by atoms with Crippen molar-refractivity contribution < 1.29 is 67.8 Å². The van der Waals surface area contributed by atoms with Gasteiger partial charge in [-0.2, -0.15) is 0 Å². The molecule has 14 nitrogen and oxygen atoms in total. The van der Waals surface area contributed by atoms with Crippen LogP contribution in [0.4, 0.5) is 9.59 Å². The Balaban J connectivity index is 1.39. The second kappa shape index (κ2) is 17.4. The fraction of sp³-hybridized carbons (Fsp3) is 0.385. The third-order valence-electron chi connectivity index (χ3n) is 5.18. The Hall–Kier alpha value is -4.24. The third kappa shape index (κ3) is 12.1. The number of ether oxygens (including phenoxy) is 4. The summed E-state index contributed by atoms with van der Waals surface area (Å²) in [5.41, 5.74) is 4.22. The van der Waals surface area contributed by atoms with E-state index >= 15 is 0 Å². The van der Waals surface area contributed by atoms with Crippen LogP contribution in [0.25, 0.3) is 0 Å². The first-order valence-electron chi connectivity index (χ1n) is 11.9. The second-order valence-electron chi connectivity index (χ2n) is 8.06. The van der Waals surface area contributed by atoms with Crippen LogP contribution in [0.3, 0.4) is 0 Å². The van der Waals surface area contributed by atoms with Gasteiger partial charge < -0.3 is 18.9 Å². The van der Waals surface area contributed by atoms with E-state index < -0.39 is 24.2 Å². The minimum absolute atomic E-state index is 0.0158. The molecule has 0 aliphatic rings. The topological polar surface area (TPSA) is 161 Å². The lowest BCUT2D eigenvalue weighted by Gasteiger charge is -2.07. The fourth-order valence-electron chi connectivity index (χ4n) is 2.72. The van der Waals surface area contributed by atoms with E-state index in [-0.39, 0.29) is 50.8 Å². The molecule has 2 aromatic carbocycles. The van der Waals surface area contributed by atoms with Crippen molar-refractivity contribution in [2.24, 2.45) is 0 Å². The maximum absolute atomic E-state index is 11.8. The summed E-state index contributed by atoms with van der Waals surface area (Å²) in [6.07, 6.45) is -2.47. The number of hydrogen-bond donors (Lipinski definition) is 0. The molecule has 40 heavy (non-hydrogen) atoms. The summed E-state index contributed by atoms with van der Waals surface area (Å²) in [4.78, 5) is 63.5. The highest BCUT2D eigenvalue weighted by molar-refractivity contribution is 5.89. The van der Waals surface area contributed by atoms with Crippen LogP contribution in [-0.2, 0) is 48.6 Å². The van der Waals surface area contributed by atoms with E-state index in [4.69, 9.17) is 9.47 Å². The van der Waals surface area contributed by atoms with E-state index in [9.17, 15) is 19.2 Å². The molecule has 14 heteroatoms. The van der Waals surface area contributed by atoms with Crippen LogP contribution in [0.5, 0.6) is 0 Å². The molecule has 0 saturated heterocycles. The van der Waals surface area contributed by atoms with Crippen molar-refractivity contribution in [3.8, 4) is 0 Å². The summed E-state index contributed by atoms with van der Waals surface area (Å²) in [5, 5.41) is 8.26. The van der Waals surface area contributed by atoms with E-state index in [2.05, 4.69) is 39.1 Å². The van der Waals surface area contributed by atoms with Crippen molar-refractivity contribution in [1.29, 1.82) is 0 Å².